The first-order valence-corrected chi connectivity index (χ1v) is 5.43. The quantitative estimate of drug-likeness (QED) is 0.820. The molecule has 0 saturated carbocycles. The van der Waals surface area contributed by atoms with Gasteiger partial charge in [-0.1, -0.05) is 38.1 Å². The maximum atomic E-state index is 9.41. The van der Waals surface area contributed by atoms with Crippen molar-refractivity contribution < 1.29 is 9.84 Å². The molecule has 0 bridgehead atoms. The monoisotopic (exact) mass is 206 g/mol. The van der Waals surface area contributed by atoms with Crippen molar-refractivity contribution in [1.82, 2.24) is 0 Å². The van der Waals surface area contributed by atoms with E-state index in [4.69, 9.17) is 4.74 Å². The first kappa shape index (κ1) is 10.7. The standard InChI is InChI=1S/C13H18O2/c1-13(2,9-14)12-6-4-3-5-11(12)10-7-15-8-10/h3-6,10,14H,7-9H2,1-2H3. The summed E-state index contributed by atoms with van der Waals surface area (Å²) in [5.74, 6) is 0.520. The number of rotatable bonds is 3. The van der Waals surface area contributed by atoms with E-state index in [0.29, 0.717) is 5.92 Å². The number of ether oxygens (including phenoxy) is 1. The number of hydrogen-bond acceptors (Lipinski definition) is 2. The molecular weight excluding hydrogens is 188 g/mol. The van der Waals surface area contributed by atoms with Crippen LogP contribution in [-0.4, -0.2) is 24.9 Å². The van der Waals surface area contributed by atoms with Crippen LogP contribution < -0.4 is 0 Å². The molecule has 82 valence electrons. The van der Waals surface area contributed by atoms with Crippen molar-refractivity contribution in [1.29, 1.82) is 0 Å². The summed E-state index contributed by atoms with van der Waals surface area (Å²) in [6.07, 6.45) is 0. The third kappa shape index (κ3) is 1.92. The normalized spacial score (nSPS) is 17.5. The fourth-order valence-corrected chi connectivity index (χ4v) is 1.97. The van der Waals surface area contributed by atoms with Crippen LogP contribution in [-0.2, 0) is 10.2 Å². The van der Waals surface area contributed by atoms with Gasteiger partial charge in [0.2, 0.25) is 0 Å². The van der Waals surface area contributed by atoms with Crippen molar-refractivity contribution in [2.24, 2.45) is 0 Å². The van der Waals surface area contributed by atoms with Crippen LogP contribution in [0.25, 0.3) is 0 Å². The highest BCUT2D eigenvalue weighted by atomic mass is 16.5. The summed E-state index contributed by atoms with van der Waals surface area (Å²) >= 11 is 0. The average Bonchev–Trinajstić information content (AvgIpc) is 2.16. The van der Waals surface area contributed by atoms with Gasteiger partial charge in [-0.3, -0.25) is 0 Å². The average molecular weight is 206 g/mol. The molecule has 1 aliphatic rings. The smallest absolute Gasteiger partial charge is 0.0557 e. The molecule has 1 aliphatic heterocycles. The Labute approximate surface area is 90.9 Å². The molecule has 0 unspecified atom stereocenters. The minimum atomic E-state index is -0.161. The van der Waals surface area contributed by atoms with Crippen molar-refractivity contribution >= 4 is 0 Å². The SMILES string of the molecule is CC(C)(CO)c1ccccc1C1COC1. The van der Waals surface area contributed by atoms with E-state index in [9.17, 15) is 5.11 Å². The van der Waals surface area contributed by atoms with Crippen LogP contribution in [0.15, 0.2) is 24.3 Å². The zero-order valence-electron chi connectivity index (χ0n) is 9.36. The Balaban J connectivity index is 2.37. The predicted molar refractivity (Wildman–Crippen MR) is 60.1 cm³/mol. The number of aliphatic hydroxyl groups excluding tert-OH is 1. The third-order valence-corrected chi connectivity index (χ3v) is 3.16. The number of hydrogen-bond donors (Lipinski definition) is 1. The zero-order valence-corrected chi connectivity index (χ0v) is 9.36. The van der Waals surface area contributed by atoms with Gasteiger partial charge in [-0.05, 0) is 11.1 Å². The largest absolute Gasteiger partial charge is 0.395 e. The van der Waals surface area contributed by atoms with E-state index in [0.717, 1.165) is 13.2 Å². The van der Waals surface area contributed by atoms with Gasteiger partial charge in [0.15, 0.2) is 0 Å². The van der Waals surface area contributed by atoms with Gasteiger partial charge in [-0.25, -0.2) is 0 Å². The highest BCUT2D eigenvalue weighted by Gasteiger charge is 2.29. The Morgan fingerprint density at radius 3 is 2.53 bits per heavy atom. The second-order valence-corrected chi connectivity index (χ2v) is 4.86. The molecule has 0 spiro atoms. The van der Waals surface area contributed by atoms with Crippen molar-refractivity contribution in [3.8, 4) is 0 Å². The van der Waals surface area contributed by atoms with Crippen LogP contribution in [0.5, 0.6) is 0 Å². The van der Waals surface area contributed by atoms with E-state index in [1.54, 1.807) is 0 Å². The van der Waals surface area contributed by atoms with E-state index in [-0.39, 0.29) is 12.0 Å². The summed E-state index contributed by atoms with van der Waals surface area (Å²) in [6, 6.07) is 8.37. The molecule has 0 amide bonds. The lowest BCUT2D eigenvalue weighted by atomic mass is 9.78. The van der Waals surface area contributed by atoms with Gasteiger partial charge in [0.05, 0.1) is 19.8 Å². The van der Waals surface area contributed by atoms with Crippen LogP contribution in [0.4, 0.5) is 0 Å². The van der Waals surface area contributed by atoms with Crippen molar-refractivity contribution in [3.63, 3.8) is 0 Å². The number of benzene rings is 1. The lowest BCUT2D eigenvalue weighted by Gasteiger charge is -2.33. The molecule has 2 rings (SSSR count). The van der Waals surface area contributed by atoms with Crippen LogP contribution in [0.1, 0.15) is 30.9 Å². The van der Waals surface area contributed by atoms with Gasteiger partial charge in [0.25, 0.3) is 0 Å². The summed E-state index contributed by atoms with van der Waals surface area (Å²) in [5.41, 5.74) is 2.43. The maximum absolute atomic E-state index is 9.41. The molecule has 1 aromatic rings. The van der Waals surface area contributed by atoms with Crippen molar-refractivity contribution in [2.75, 3.05) is 19.8 Å². The topological polar surface area (TPSA) is 29.5 Å². The molecule has 0 aliphatic carbocycles. The molecule has 1 aromatic carbocycles. The second-order valence-electron chi connectivity index (χ2n) is 4.86. The Kier molecular flexibility index (Phi) is 2.81. The Morgan fingerprint density at radius 2 is 2.00 bits per heavy atom. The van der Waals surface area contributed by atoms with Gasteiger partial charge in [-0.15, -0.1) is 0 Å². The molecule has 0 atom stereocenters. The van der Waals surface area contributed by atoms with Crippen molar-refractivity contribution in [2.45, 2.75) is 25.2 Å². The molecule has 1 heterocycles. The molecule has 1 N–H and O–H groups in total. The molecule has 0 aromatic heterocycles. The van der Waals surface area contributed by atoms with E-state index in [1.807, 2.05) is 6.07 Å². The molecule has 2 heteroatoms. The molecular formula is C13H18O2. The minimum absolute atomic E-state index is 0.161. The van der Waals surface area contributed by atoms with Crippen LogP contribution in [0, 0.1) is 0 Å². The summed E-state index contributed by atoms with van der Waals surface area (Å²) in [4.78, 5) is 0. The highest BCUT2D eigenvalue weighted by molar-refractivity contribution is 5.37. The third-order valence-electron chi connectivity index (χ3n) is 3.16. The number of aliphatic hydroxyl groups is 1. The van der Waals surface area contributed by atoms with E-state index in [1.165, 1.54) is 11.1 Å². The van der Waals surface area contributed by atoms with E-state index >= 15 is 0 Å². The minimum Gasteiger partial charge on any atom is -0.395 e. The second kappa shape index (κ2) is 3.95. The first-order chi connectivity index (χ1) is 7.15. The lowest BCUT2D eigenvalue weighted by Crippen LogP contribution is -2.30. The van der Waals surface area contributed by atoms with Gasteiger partial charge in [0.1, 0.15) is 0 Å². The highest BCUT2D eigenvalue weighted by Crippen LogP contribution is 2.33. The maximum Gasteiger partial charge on any atom is 0.0557 e. The van der Waals surface area contributed by atoms with Gasteiger partial charge in [-0.2, -0.15) is 0 Å². The Bertz CT molecular complexity index is 340. The summed E-state index contributed by atoms with van der Waals surface area (Å²) in [7, 11) is 0. The molecule has 1 saturated heterocycles. The van der Waals surface area contributed by atoms with Gasteiger partial charge >= 0.3 is 0 Å². The predicted octanol–water partition coefficient (Wildman–Crippen LogP) is 2.07. The Hall–Kier alpha value is -0.860. The fourth-order valence-electron chi connectivity index (χ4n) is 1.97. The molecule has 1 fully saturated rings. The van der Waals surface area contributed by atoms with Crippen LogP contribution >= 0.6 is 0 Å². The van der Waals surface area contributed by atoms with Crippen molar-refractivity contribution in [3.05, 3.63) is 35.4 Å². The molecule has 15 heavy (non-hydrogen) atoms. The van der Waals surface area contributed by atoms with Crippen LogP contribution in [0.3, 0.4) is 0 Å². The zero-order chi connectivity index (χ0) is 10.9. The summed E-state index contributed by atoms with van der Waals surface area (Å²) in [6.45, 7) is 5.96. The summed E-state index contributed by atoms with van der Waals surface area (Å²) < 4.78 is 5.23. The van der Waals surface area contributed by atoms with E-state index < -0.39 is 0 Å². The van der Waals surface area contributed by atoms with Gasteiger partial charge in [0, 0.05) is 11.3 Å². The first-order valence-electron chi connectivity index (χ1n) is 5.43. The van der Waals surface area contributed by atoms with Crippen LogP contribution in [0.2, 0.25) is 0 Å². The summed E-state index contributed by atoms with van der Waals surface area (Å²) in [5, 5.41) is 9.41. The fraction of sp³-hybridized carbons (Fsp3) is 0.538. The van der Waals surface area contributed by atoms with Gasteiger partial charge < -0.3 is 9.84 Å². The molecule has 0 radical (unpaired) electrons. The molecule has 2 nitrogen and oxygen atoms in total. The van der Waals surface area contributed by atoms with E-state index in [2.05, 4.69) is 32.0 Å². The Morgan fingerprint density at radius 1 is 1.33 bits per heavy atom. The lowest BCUT2D eigenvalue weighted by molar-refractivity contribution is 0.00752.